The number of rotatable bonds is 4. The topological polar surface area (TPSA) is 58.1 Å². The monoisotopic (exact) mass is 384 g/mol. The number of ether oxygens (including phenoxy) is 1. The van der Waals surface area contributed by atoms with E-state index in [-0.39, 0.29) is 0 Å². The van der Waals surface area contributed by atoms with Crippen molar-refractivity contribution in [2.24, 2.45) is 0 Å². The van der Waals surface area contributed by atoms with Gasteiger partial charge < -0.3 is 14.8 Å². The third-order valence-electron chi connectivity index (χ3n) is 4.09. The predicted molar refractivity (Wildman–Crippen MR) is 103 cm³/mol. The minimum absolute atomic E-state index is 0.403. The Morgan fingerprint density at radius 3 is 2.50 bits per heavy atom. The predicted octanol–water partition coefficient (Wildman–Crippen LogP) is 5.74. The summed E-state index contributed by atoms with van der Waals surface area (Å²) >= 11 is 12.7. The summed E-state index contributed by atoms with van der Waals surface area (Å²) in [6.07, 6.45) is 2.36. The van der Waals surface area contributed by atoms with Crippen LogP contribution in [0.3, 0.4) is 0 Å². The van der Waals surface area contributed by atoms with E-state index in [1.54, 1.807) is 36.7 Å². The number of halogens is 2. The van der Waals surface area contributed by atoms with Gasteiger partial charge in [0, 0.05) is 28.9 Å². The molecule has 0 bridgehead atoms. The number of aliphatic hydroxyl groups excluding tert-OH is 1. The molecule has 0 amide bonds. The Morgan fingerprint density at radius 1 is 0.923 bits per heavy atom. The number of pyridine rings is 1. The van der Waals surface area contributed by atoms with Gasteiger partial charge in [-0.2, -0.15) is 0 Å². The molecule has 0 spiro atoms. The number of aliphatic hydroxyl groups is 1. The largest absolute Gasteiger partial charge is 0.457 e. The first-order valence-electron chi connectivity index (χ1n) is 7.95. The van der Waals surface area contributed by atoms with E-state index in [0.29, 0.717) is 43.7 Å². The molecule has 0 aliphatic heterocycles. The maximum absolute atomic E-state index is 10.8. The van der Waals surface area contributed by atoms with Gasteiger partial charge in [-0.05, 0) is 30.3 Å². The van der Waals surface area contributed by atoms with Gasteiger partial charge in [0.05, 0.1) is 10.0 Å². The molecule has 4 nitrogen and oxygen atoms in total. The molecule has 4 rings (SSSR count). The first-order chi connectivity index (χ1) is 12.6. The maximum atomic E-state index is 10.8. The number of aromatic amines is 1. The molecule has 2 aromatic heterocycles. The number of benzene rings is 2. The number of hydrogen-bond donors (Lipinski definition) is 2. The van der Waals surface area contributed by atoms with Crippen molar-refractivity contribution >= 4 is 34.2 Å². The standard InChI is InChI=1S/C20H14Cl2N2O2/c21-16-8-9-23-20-18(16)15(11-24-20)19(25)14-7-6-13(10-17(14)22)26-12-4-2-1-3-5-12/h1-11,19,25H,(H,23,24). The van der Waals surface area contributed by atoms with Gasteiger partial charge in [0.25, 0.3) is 0 Å². The van der Waals surface area contributed by atoms with Crippen molar-refractivity contribution in [1.82, 2.24) is 9.97 Å². The number of fused-ring (bicyclic) bond motifs is 1. The van der Waals surface area contributed by atoms with Gasteiger partial charge in [-0.25, -0.2) is 4.98 Å². The average molecular weight is 385 g/mol. The zero-order valence-corrected chi connectivity index (χ0v) is 15.0. The zero-order valence-electron chi connectivity index (χ0n) is 13.5. The van der Waals surface area contributed by atoms with Crippen molar-refractivity contribution in [2.75, 3.05) is 0 Å². The average Bonchev–Trinajstić information content (AvgIpc) is 3.08. The number of para-hydroxylation sites is 1. The lowest BCUT2D eigenvalue weighted by Crippen LogP contribution is -2.00. The van der Waals surface area contributed by atoms with Crippen LogP contribution in [-0.2, 0) is 0 Å². The van der Waals surface area contributed by atoms with Crippen LogP contribution in [0.5, 0.6) is 11.5 Å². The van der Waals surface area contributed by atoms with Gasteiger partial charge in [0.15, 0.2) is 0 Å². The van der Waals surface area contributed by atoms with Crippen molar-refractivity contribution in [3.05, 3.63) is 88.2 Å². The molecule has 2 heterocycles. The fraction of sp³-hybridized carbons (Fsp3) is 0.0500. The van der Waals surface area contributed by atoms with Crippen LogP contribution < -0.4 is 4.74 Å². The molecule has 2 N–H and O–H groups in total. The van der Waals surface area contributed by atoms with Crippen LogP contribution in [0.4, 0.5) is 0 Å². The highest BCUT2D eigenvalue weighted by Gasteiger charge is 2.20. The van der Waals surface area contributed by atoms with E-state index in [1.807, 2.05) is 30.3 Å². The Hall–Kier alpha value is -2.53. The van der Waals surface area contributed by atoms with Crippen LogP contribution in [0.25, 0.3) is 11.0 Å². The van der Waals surface area contributed by atoms with Crippen LogP contribution in [0.1, 0.15) is 17.2 Å². The van der Waals surface area contributed by atoms with Crippen LogP contribution in [0.2, 0.25) is 10.0 Å². The number of H-pyrrole nitrogens is 1. The van der Waals surface area contributed by atoms with Crippen molar-refractivity contribution in [3.8, 4) is 11.5 Å². The molecule has 0 aliphatic rings. The molecule has 2 aromatic carbocycles. The Labute approximate surface area is 160 Å². The van der Waals surface area contributed by atoms with Gasteiger partial charge in [0.1, 0.15) is 23.3 Å². The minimum atomic E-state index is -0.941. The van der Waals surface area contributed by atoms with E-state index in [2.05, 4.69) is 9.97 Å². The van der Waals surface area contributed by atoms with Gasteiger partial charge in [-0.15, -0.1) is 0 Å². The van der Waals surface area contributed by atoms with Crippen LogP contribution in [0.15, 0.2) is 67.0 Å². The van der Waals surface area contributed by atoms with Gasteiger partial charge in [0.2, 0.25) is 0 Å². The molecule has 0 fully saturated rings. The molecular weight excluding hydrogens is 371 g/mol. The summed E-state index contributed by atoms with van der Waals surface area (Å²) in [7, 11) is 0. The molecule has 6 heteroatoms. The number of hydrogen-bond acceptors (Lipinski definition) is 3. The highest BCUT2D eigenvalue weighted by Crippen LogP contribution is 2.36. The molecule has 0 saturated carbocycles. The quantitative estimate of drug-likeness (QED) is 0.471. The summed E-state index contributed by atoms with van der Waals surface area (Å²) in [5, 5.41) is 12.4. The molecule has 26 heavy (non-hydrogen) atoms. The van der Waals surface area contributed by atoms with Crippen molar-refractivity contribution in [1.29, 1.82) is 0 Å². The summed E-state index contributed by atoms with van der Waals surface area (Å²) < 4.78 is 5.77. The van der Waals surface area contributed by atoms with Crippen LogP contribution in [-0.4, -0.2) is 15.1 Å². The third kappa shape index (κ3) is 3.15. The zero-order chi connectivity index (χ0) is 18.1. The van der Waals surface area contributed by atoms with E-state index in [1.165, 1.54) is 0 Å². The first kappa shape index (κ1) is 16.9. The number of nitrogens with zero attached hydrogens (tertiary/aromatic N) is 1. The smallest absolute Gasteiger partial charge is 0.139 e. The minimum Gasteiger partial charge on any atom is -0.457 e. The lowest BCUT2D eigenvalue weighted by molar-refractivity contribution is 0.222. The van der Waals surface area contributed by atoms with Gasteiger partial charge in [-0.3, -0.25) is 0 Å². The Kier molecular flexibility index (Phi) is 4.55. The maximum Gasteiger partial charge on any atom is 0.139 e. The summed E-state index contributed by atoms with van der Waals surface area (Å²) in [5.41, 5.74) is 1.80. The molecule has 0 saturated heterocycles. The summed E-state index contributed by atoms with van der Waals surface area (Å²) in [6.45, 7) is 0. The third-order valence-corrected chi connectivity index (χ3v) is 4.74. The van der Waals surface area contributed by atoms with Crippen molar-refractivity contribution < 1.29 is 9.84 Å². The molecule has 4 aromatic rings. The normalized spacial score (nSPS) is 12.3. The molecule has 130 valence electrons. The highest BCUT2D eigenvalue weighted by molar-refractivity contribution is 6.35. The molecule has 0 radical (unpaired) electrons. The summed E-state index contributed by atoms with van der Waals surface area (Å²) in [6, 6.07) is 16.3. The second-order valence-electron chi connectivity index (χ2n) is 5.76. The molecular formula is C20H14Cl2N2O2. The Morgan fingerprint density at radius 2 is 1.73 bits per heavy atom. The SMILES string of the molecule is OC(c1ccc(Oc2ccccc2)cc1Cl)c1c[nH]c2nccc(Cl)c12. The molecule has 1 unspecified atom stereocenters. The summed E-state index contributed by atoms with van der Waals surface area (Å²) in [5.74, 6) is 1.31. The first-order valence-corrected chi connectivity index (χ1v) is 8.71. The second kappa shape index (κ2) is 7.00. The lowest BCUT2D eigenvalue weighted by atomic mass is 10.0. The van der Waals surface area contributed by atoms with Gasteiger partial charge in [-0.1, -0.05) is 47.5 Å². The van der Waals surface area contributed by atoms with E-state index < -0.39 is 6.10 Å². The van der Waals surface area contributed by atoms with E-state index in [0.717, 1.165) is 0 Å². The van der Waals surface area contributed by atoms with Gasteiger partial charge >= 0.3 is 0 Å². The summed E-state index contributed by atoms with van der Waals surface area (Å²) in [4.78, 5) is 7.24. The molecule has 1 atom stereocenters. The highest BCUT2D eigenvalue weighted by atomic mass is 35.5. The Bertz CT molecular complexity index is 1060. The van der Waals surface area contributed by atoms with Crippen LogP contribution in [0, 0.1) is 0 Å². The number of nitrogens with one attached hydrogen (secondary N) is 1. The van der Waals surface area contributed by atoms with E-state index in [4.69, 9.17) is 27.9 Å². The van der Waals surface area contributed by atoms with Crippen molar-refractivity contribution in [2.45, 2.75) is 6.10 Å². The van der Waals surface area contributed by atoms with Crippen LogP contribution >= 0.6 is 23.2 Å². The lowest BCUT2D eigenvalue weighted by Gasteiger charge is -2.14. The number of aromatic nitrogens is 2. The van der Waals surface area contributed by atoms with E-state index >= 15 is 0 Å². The van der Waals surface area contributed by atoms with Crippen molar-refractivity contribution in [3.63, 3.8) is 0 Å². The molecule has 0 aliphatic carbocycles. The second-order valence-corrected chi connectivity index (χ2v) is 6.58. The fourth-order valence-electron chi connectivity index (χ4n) is 2.84. The Balaban J connectivity index is 1.67. The fourth-order valence-corrected chi connectivity index (χ4v) is 3.37. The van der Waals surface area contributed by atoms with E-state index in [9.17, 15) is 5.11 Å².